The van der Waals surface area contributed by atoms with E-state index < -0.39 is 52.0 Å². The number of hydrogen-bond acceptors (Lipinski definition) is 10. The van der Waals surface area contributed by atoms with E-state index in [1.807, 2.05) is 12.1 Å². The standard InChI is InChI=1S/C44H38Cl2N6O9/c1-48-33-22-35(60-3)34(59-2)21-31(33)47-30(40(48)55)14-15-49-42(57)50-16-13-27-32(52(50)43(49)58)20-28-39(54)51(26-12-8-11-25(45)19-26)41(56)44(28,24-9-6-5-7-10-24)37(27)23-17-29(46)38(53)36(18-23)61-4/h5-13,17-19,21-22,28,32,37,53H,14-16,20H2,1-4H3. The number of imide groups is 1. The van der Waals surface area contributed by atoms with Gasteiger partial charge in [0.15, 0.2) is 23.0 Å². The molecule has 0 radical (unpaired) electrons. The highest BCUT2D eigenvalue weighted by Crippen LogP contribution is 2.63. The van der Waals surface area contributed by atoms with Crippen molar-refractivity contribution in [3.8, 4) is 23.0 Å². The summed E-state index contributed by atoms with van der Waals surface area (Å²) in [4.78, 5) is 78.7. The molecule has 9 rings (SSSR count). The Morgan fingerprint density at radius 1 is 0.852 bits per heavy atom. The van der Waals surface area contributed by atoms with Gasteiger partial charge in [0.05, 0.1) is 67.0 Å². The molecule has 1 aliphatic carbocycles. The number of phenols is 1. The minimum absolute atomic E-state index is 0.0375. The molecular formula is C44H38Cl2N6O9. The van der Waals surface area contributed by atoms with E-state index in [0.717, 1.165) is 9.47 Å². The molecule has 61 heavy (non-hydrogen) atoms. The van der Waals surface area contributed by atoms with Crippen molar-refractivity contribution in [3.63, 3.8) is 0 Å². The Hall–Kier alpha value is -6.58. The highest BCUT2D eigenvalue weighted by atomic mass is 35.5. The number of aromatic nitrogens is 5. The number of hydrogen-bond donors (Lipinski definition) is 1. The number of ether oxygens (including phenoxy) is 3. The number of halogens is 2. The summed E-state index contributed by atoms with van der Waals surface area (Å²) in [6, 6.07) is 21.0. The molecule has 4 atom stereocenters. The fraction of sp³-hybridized carbons (Fsp3) is 0.273. The smallest absolute Gasteiger partial charge is 0.347 e. The summed E-state index contributed by atoms with van der Waals surface area (Å²) in [6.07, 6.45) is 1.72. The molecule has 0 bridgehead atoms. The maximum Gasteiger partial charge on any atom is 0.347 e. The molecule has 4 aromatic carbocycles. The lowest BCUT2D eigenvalue weighted by atomic mass is 9.53. The summed E-state index contributed by atoms with van der Waals surface area (Å²) in [5.41, 5.74) is -0.373. The number of rotatable bonds is 9. The van der Waals surface area contributed by atoms with Crippen molar-refractivity contribution in [2.75, 3.05) is 26.2 Å². The maximum absolute atomic E-state index is 15.5. The number of methoxy groups -OCH3 is 3. The average Bonchev–Trinajstić information content (AvgIpc) is 3.65. The van der Waals surface area contributed by atoms with E-state index in [1.54, 1.807) is 73.8 Å². The lowest BCUT2D eigenvalue weighted by Gasteiger charge is -2.49. The molecule has 2 aliphatic heterocycles. The molecular weight excluding hydrogens is 827 g/mol. The molecule has 17 heteroatoms. The molecule has 0 spiro atoms. The molecule has 3 aliphatic rings. The Kier molecular flexibility index (Phi) is 9.70. The van der Waals surface area contributed by atoms with Gasteiger partial charge in [0.1, 0.15) is 5.69 Å². The maximum atomic E-state index is 15.5. The molecule has 15 nitrogen and oxygen atoms in total. The second kappa shape index (κ2) is 14.9. The van der Waals surface area contributed by atoms with Gasteiger partial charge in [-0.05, 0) is 53.5 Å². The third-order valence-electron chi connectivity index (χ3n) is 12.3. The van der Waals surface area contributed by atoms with Crippen molar-refractivity contribution in [1.29, 1.82) is 0 Å². The minimum atomic E-state index is -1.60. The lowest BCUT2D eigenvalue weighted by Crippen LogP contribution is -2.53. The zero-order chi connectivity index (χ0) is 43.1. The Balaban J connectivity index is 1.20. The minimum Gasteiger partial charge on any atom is -0.503 e. The SMILES string of the molecule is COc1cc2nc(CCn3c(=O)n4n(c3=O)C3CC5C(=O)N(c6cccc(Cl)c6)C(=O)C5(c5ccccc5)C(c5cc(Cl)c(O)c(OC)c5)C3=CC4)c(=O)n(C)c2cc1OC. The molecule has 1 saturated carbocycles. The lowest BCUT2D eigenvalue weighted by molar-refractivity contribution is -0.124. The summed E-state index contributed by atoms with van der Waals surface area (Å²) in [5, 5.41) is 11.1. The number of carbonyl (C=O) groups excluding carboxylic acids is 2. The first-order valence-electron chi connectivity index (χ1n) is 19.3. The zero-order valence-electron chi connectivity index (χ0n) is 33.3. The number of carbonyl (C=O) groups is 2. The molecule has 4 unspecified atom stereocenters. The van der Waals surface area contributed by atoms with Crippen LogP contribution in [0.25, 0.3) is 11.0 Å². The highest BCUT2D eigenvalue weighted by Gasteiger charge is 2.68. The number of phenolic OH excluding ortho intramolecular Hbond substituents is 1. The van der Waals surface area contributed by atoms with Crippen LogP contribution in [0.15, 0.2) is 105 Å². The van der Waals surface area contributed by atoms with Crippen molar-refractivity contribution in [2.24, 2.45) is 13.0 Å². The van der Waals surface area contributed by atoms with Crippen LogP contribution in [0.5, 0.6) is 23.0 Å². The first-order chi connectivity index (χ1) is 29.3. The molecule has 2 amide bonds. The van der Waals surface area contributed by atoms with Gasteiger partial charge in [-0.3, -0.25) is 14.4 Å². The predicted octanol–water partition coefficient (Wildman–Crippen LogP) is 5.14. The van der Waals surface area contributed by atoms with Gasteiger partial charge in [0, 0.05) is 43.1 Å². The van der Waals surface area contributed by atoms with Crippen molar-refractivity contribution < 1.29 is 28.9 Å². The summed E-state index contributed by atoms with van der Waals surface area (Å²) < 4.78 is 21.5. The van der Waals surface area contributed by atoms with E-state index in [1.165, 1.54) is 41.3 Å². The fourth-order valence-electron chi connectivity index (χ4n) is 9.63. The number of benzene rings is 4. The van der Waals surface area contributed by atoms with Gasteiger partial charge >= 0.3 is 11.4 Å². The van der Waals surface area contributed by atoms with Crippen LogP contribution in [-0.4, -0.2) is 61.7 Å². The topological polar surface area (TPSA) is 169 Å². The molecule has 2 aromatic heterocycles. The van der Waals surface area contributed by atoms with Gasteiger partial charge in [-0.25, -0.2) is 33.4 Å². The second-order valence-electron chi connectivity index (χ2n) is 15.2. The molecule has 1 saturated heterocycles. The van der Waals surface area contributed by atoms with Crippen LogP contribution >= 0.6 is 23.2 Å². The van der Waals surface area contributed by atoms with Crippen LogP contribution < -0.4 is 36.0 Å². The number of allylic oxidation sites excluding steroid dienone is 2. The van der Waals surface area contributed by atoms with Crippen LogP contribution in [0, 0.1) is 5.92 Å². The molecule has 6 aromatic rings. The fourth-order valence-corrected chi connectivity index (χ4v) is 10.0. The Bertz CT molecular complexity index is 3050. The average molecular weight is 866 g/mol. The van der Waals surface area contributed by atoms with Crippen molar-refractivity contribution in [2.45, 2.75) is 43.3 Å². The first kappa shape index (κ1) is 39.9. The Labute approximate surface area is 357 Å². The van der Waals surface area contributed by atoms with Gasteiger partial charge in [0.25, 0.3) is 5.56 Å². The van der Waals surface area contributed by atoms with E-state index in [4.69, 9.17) is 37.4 Å². The molecule has 1 N–H and O–H groups in total. The Morgan fingerprint density at radius 3 is 2.28 bits per heavy atom. The zero-order valence-corrected chi connectivity index (χ0v) is 34.8. The monoisotopic (exact) mass is 864 g/mol. The van der Waals surface area contributed by atoms with Gasteiger partial charge in [-0.1, -0.05) is 65.7 Å². The van der Waals surface area contributed by atoms with E-state index in [2.05, 4.69) is 4.98 Å². The van der Waals surface area contributed by atoms with Crippen LogP contribution in [0.2, 0.25) is 10.0 Å². The number of anilines is 1. The highest BCUT2D eigenvalue weighted by molar-refractivity contribution is 6.33. The number of aromatic hydroxyl groups is 1. The summed E-state index contributed by atoms with van der Waals surface area (Å²) in [7, 11) is 5.95. The predicted molar refractivity (Wildman–Crippen MR) is 226 cm³/mol. The second-order valence-corrected chi connectivity index (χ2v) is 16.0. The third-order valence-corrected chi connectivity index (χ3v) is 12.9. The summed E-state index contributed by atoms with van der Waals surface area (Å²) >= 11 is 13.1. The van der Waals surface area contributed by atoms with Crippen LogP contribution in [0.1, 0.15) is 35.2 Å². The first-order valence-corrected chi connectivity index (χ1v) is 20.1. The van der Waals surface area contributed by atoms with E-state index in [9.17, 15) is 19.5 Å². The molecule has 312 valence electrons. The van der Waals surface area contributed by atoms with Gasteiger partial charge in [0.2, 0.25) is 11.8 Å². The molecule has 4 heterocycles. The van der Waals surface area contributed by atoms with Gasteiger partial charge < -0.3 is 23.9 Å². The number of fused-ring (bicyclic) bond motifs is 5. The normalized spacial score (nSPS) is 20.6. The quantitative estimate of drug-likeness (QED) is 0.152. The van der Waals surface area contributed by atoms with Crippen molar-refractivity contribution in [3.05, 3.63) is 149 Å². The van der Waals surface area contributed by atoms with Gasteiger partial charge in [-0.2, -0.15) is 0 Å². The number of nitrogens with zero attached hydrogens (tertiary/aromatic N) is 6. The van der Waals surface area contributed by atoms with E-state index in [0.29, 0.717) is 44.3 Å². The summed E-state index contributed by atoms with van der Waals surface area (Å²) in [5.74, 6) is -2.52. The van der Waals surface area contributed by atoms with Crippen LogP contribution in [0.4, 0.5) is 5.69 Å². The molecule has 2 fully saturated rings. The number of aryl methyl sites for hydroxylation is 2. The largest absolute Gasteiger partial charge is 0.503 e. The summed E-state index contributed by atoms with van der Waals surface area (Å²) in [6.45, 7) is -0.237. The van der Waals surface area contributed by atoms with E-state index >= 15 is 9.59 Å². The van der Waals surface area contributed by atoms with Crippen molar-refractivity contribution >= 4 is 51.7 Å². The van der Waals surface area contributed by atoms with Gasteiger partial charge in [-0.15, -0.1) is 0 Å². The number of amides is 2. The van der Waals surface area contributed by atoms with Crippen LogP contribution in [-0.2, 0) is 41.6 Å². The van der Waals surface area contributed by atoms with Crippen molar-refractivity contribution in [1.82, 2.24) is 23.5 Å². The van der Waals surface area contributed by atoms with E-state index in [-0.39, 0.29) is 53.8 Å². The van der Waals surface area contributed by atoms with Crippen LogP contribution in [0.3, 0.4) is 0 Å². The third kappa shape index (κ3) is 5.85. The Morgan fingerprint density at radius 2 is 1.57 bits per heavy atom.